The largest absolute Gasteiger partial charge is 0.522 e. The van der Waals surface area contributed by atoms with E-state index in [4.69, 9.17) is 35.9 Å². The van der Waals surface area contributed by atoms with E-state index >= 15 is 0 Å². The summed E-state index contributed by atoms with van der Waals surface area (Å²) in [5.41, 5.74) is -8.54. The number of rotatable bonds is 19. The number of halogens is 6. The van der Waals surface area contributed by atoms with Crippen molar-refractivity contribution in [1.82, 2.24) is 19.8 Å². The normalized spacial score (nSPS) is 18.2. The molecule has 10 nitrogen and oxygen atoms in total. The van der Waals surface area contributed by atoms with Crippen LogP contribution < -0.4 is 10.4 Å². The fourth-order valence-electron chi connectivity index (χ4n) is 10.9. The van der Waals surface area contributed by atoms with Gasteiger partial charge in [-0.1, -0.05) is 131 Å². The Morgan fingerprint density at radius 2 is 0.776 bits per heavy atom. The summed E-state index contributed by atoms with van der Waals surface area (Å²) in [5.74, 6) is 4.43. The van der Waals surface area contributed by atoms with Crippen LogP contribution in [0.1, 0.15) is 120 Å². The van der Waals surface area contributed by atoms with Gasteiger partial charge >= 0.3 is 31.3 Å². The van der Waals surface area contributed by atoms with Gasteiger partial charge in [0.05, 0.1) is 27.5 Å². The van der Waals surface area contributed by atoms with E-state index in [1.54, 1.807) is 10.4 Å². The Morgan fingerprint density at radius 1 is 0.537 bits per heavy atom. The number of hydrogen-bond donors (Lipinski definition) is 2. The molecule has 2 aromatic heterocycles. The molecule has 2 fully saturated rings. The van der Waals surface area contributed by atoms with E-state index in [2.05, 4.69) is 130 Å². The molecule has 67 heavy (non-hydrogen) atoms. The maximum atomic E-state index is 10.7. The van der Waals surface area contributed by atoms with E-state index in [-0.39, 0.29) is 17.1 Å². The molecule has 2 saturated heterocycles. The van der Waals surface area contributed by atoms with Crippen LogP contribution in [0, 0.1) is 35.5 Å². The zero-order chi connectivity index (χ0) is 50.6. The molecule has 4 heterocycles. The monoisotopic (exact) mass is 1070 g/mol. The molecule has 21 heteroatoms. The van der Waals surface area contributed by atoms with Crippen LogP contribution in [0.5, 0.6) is 0 Å². The Hall–Kier alpha value is -1.43. The third-order valence-electron chi connectivity index (χ3n) is 12.3. The summed E-state index contributed by atoms with van der Waals surface area (Å²) in [6.45, 7) is 33.5. The van der Waals surface area contributed by atoms with Gasteiger partial charge in [-0.05, 0) is 96.8 Å². The molecule has 0 saturated carbocycles. The van der Waals surface area contributed by atoms with Crippen LogP contribution in [0.4, 0.5) is 26.3 Å². The van der Waals surface area contributed by atoms with Crippen molar-refractivity contribution in [3.8, 4) is 0 Å². The molecule has 4 rings (SSSR count). The molecule has 2 aromatic rings. The average molecular weight is 1070 g/mol. The molecule has 0 unspecified atom stereocenters. The Balaban J connectivity index is 0.00000112. The molecule has 2 aliphatic heterocycles. The fourth-order valence-corrected chi connectivity index (χ4v) is 24.3. The van der Waals surface area contributed by atoms with Gasteiger partial charge in [0, 0.05) is 54.6 Å². The van der Waals surface area contributed by atoms with Gasteiger partial charge in [0.2, 0.25) is 0 Å². The number of nitrogens with zero attached hydrogens (tertiary/aromatic N) is 4. The second kappa shape index (κ2) is 26.9. The third-order valence-corrected chi connectivity index (χ3v) is 26.1. The summed E-state index contributed by atoms with van der Waals surface area (Å²) in [6, 6.07) is 19.4. The van der Waals surface area contributed by atoms with Crippen molar-refractivity contribution >= 4 is 46.8 Å². The fraction of sp³-hybridized carbons (Fsp3) is 0.783. The summed E-state index contributed by atoms with van der Waals surface area (Å²) >= 11 is 0. The minimum atomic E-state index is -5.84. The standard InChI is InChI=1S/C44H78N4Si2.2CHF3O3S.Mn/c1-33(2)27-49(28-34(3)4,29-35(5)6)41-19-17-39(45-23-41)25-47-21-13-15-43(47)44-16-14-22-48(44)26-40-18-20-42(24-46-40)50(30-36(7)8,31-37(9)10)32-38(11)12;2*2-1(3,4)8(5,6)7;/h17-20,23-24,33-38,43-44H,13-16,21-22,25-32H2,1-12H3;2*(H,5,6,7);/t43-,44-;;;/m0.../s1. The van der Waals surface area contributed by atoms with Crippen molar-refractivity contribution in [2.75, 3.05) is 13.1 Å². The average Bonchev–Trinajstić information content (AvgIpc) is 3.78. The molecule has 0 bridgehead atoms. The van der Waals surface area contributed by atoms with Gasteiger partial charge in [-0.3, -0.25) is 28.9 Å². The SMILES string of the molecule is CC(C)C[Si](CC(C)C)(CC(C)C)c1ccc(CN2CCC[C@H]2[C@@H]2CCCN2Cc2ccc([Si](CC(C)C)(CC(C)C)CC(C)C)cn2)nc1.O=S(=O)(O)C(F)(F)F.O=S(=O)(O)C(F)(F)F.[Mn]. The van der Waals surface area contributed by atoms with Crippen molar-refractivity contribution in [1.29, 1.82) is 0 Å². The van der Waals surface area contributed by atoms with Gasteiger partial charge in [-0.25, -0.2) is 0 Å². The molecule has 1 radical (unpaired) electrons. The van der Waals surface area contributed by atoms with E-state index in [1.165, 1.54) is 86.4 Å². The minimum Gasteiger partial charge on any atom is -0.293 e. The number of alkyl halides is 6. The van der Waals surface area contributed by atoms with E-state index in [9.17, 15) is 26.3 Å². The Morgan fingerprint density at radius 3 is 0.955 bits per heavy atom. The predicted octanol–water partition coefficient (Wildman–Crippen LogP) is 11.1. The second-order valence-corrected chi connectivity index (χ2v) is 33.0. The van der Waals surface area contributed by atoms with E-state index in [0.29, 0.717) is 12.1 Å². The molecule has 2 aliphatic rings. The first-order valence-corrected chi connectivity index (χ1v) is 31.7. The minimum absolute atomic E-state index is 0. The smallest absolute Gasteiger partial charge is 0.293 e. The number of likely N-dealkylation sites (tertiary alicyclic amines) is 2. The van der Waals surface area contributed by atoms with Crippen molar-refractivity contribution in [3.05, 3.63) is 48.0 Å². The maximum Gasteiger partial charge on any atom is 0.522 e. The number of pyridine rings is 2. The van der Waals surface area contributed by atoms with Crippen molar-refractivity contribution in [2.24, 2.45) is 35.5 Å². The second-order valence-electron chi connectivity index (χ2n) is 21.4. The molecule has 0 aliphatic carbocycles. The van der Waals surface area contributed by atoms with Crippen LogP contribution in [0.3, 0.4) is 0 Å². The zero-order valence-electron chi connectivity index (χ0n) is 41.8. The van der Waals surface area contributed by atoms with Gasteiger partial charge in [-0.2, -0.15) is 43.2 Å². The summed E-state index contributed by atoms with van der Waals surface area (Å²) < 4.78 is 115. The number of hydrogen-bond acceptors (Lipinski definition) is 8. The van der Waals surface area contributed by atoms with Crippen LogP contribution in [0.15, 0.2) is 36.7 Å². The van der Waals surface area contributed by atoms with Gasteiger partial charge in [0.15, 0.2) is 0 Å². The molecule has 0 spiro atoms. The van der Waals surface area contributed by atoms with Crippen molar-refractivity contribution in [3.63, 3.8) is 0 Å². The van der Waals surface area contributed by atoms with Crippen LogP contribution in [0.25, 0.3) is 0 Å². The summed E-state index contributed by atoms with van der Waals surface area (Å²) in [7, 11) is -14.9. The van der Waals surface area contributed by atoms with Crippen LogP contribution in [-0.4, -0.2) is 98.0 Å². The molecular formula is C46H80F6MnN4O6S2Si2. The first kappa shape index (κ1) is 63.6. The summed E-state index contributed by atoms with van der Waals surface area (Å²) in [6.07, 6.45) is 9.90. The van der Waals surface area contributed by atoms with E-state index in [1.807, 2.05) is 0 Å². The molecule has 389 valence electrons. The molecule has 2 atom stereocenters. The third kappa shape index (κ3) is 20.7. The van der Waals surface area contributed by atoms with Gasteiger partial charge in [-0.15, -0.1) is 0 Å². The molecule has 2 N–H and O–H groups in total. The molecular weight excluding hydrogens is 994 g/mol. The first-order valence-electron chi connectivity index (χ1n) is 23.6. The Labute approximate surface area is 411 Å². The van der Waals surface area contributed by atoms with Crippen molar-refractivity contribution in [2.45, 2.75) is 181 Å². The number of aromatic nitrogens is 2. The maximum absolute atomic E-state index is 10.7. The predicted molar refractivity (Wildman–Crippen MR) is 259 cm³/mol. The van der Waals surface area contributed by atoms with Crippen LogP contribution >= 0.6 is 0 Å². The van der Waals surface area contributed by atoms with Gasteiger partial charge < -0.3 is 0 Å². The summed E-state index contributed by atoms with van der Waals surface area (Å²) in [5, 5.41) is 3.21. The molecule has 0 amide bonds. The van der Waals surface area contributed by atoms with Crippen LogP contribution in [-0.2, 0) is 50.4 Å². The topological polar surface area (TPSA) is 141 Å². The quantitative estimate of drug-likeness (QED) is 0.0604. The van der Waals surface area contributed by atoms with E-state index in [0.717, 1.165) is 48.6 Å². The van der Waals surface area contributed by atoms with Gasteiger partial charge in [0.1, 0.15) is 0 Å². The van der Waals surface area contributed by atoms with Crippen molar-refractivity contribution < 1.29 is 69.4 Å². The Bertz CT molecular complexity index is 1780. The van der Waals surface area contributed by atoms with Crippen LogP contribution in [0.2, 0.25) is 36.3 Å². The van der Waals surface area contributed by atoms with E-state index < -0.39 is 47.4 Å². The van der Waals surface area contributed by atoms with Gasteiger partial charge in [0.25, 0.3) is 0 Å². The Kier molecular flexibility index (Phi) is 25.5. The summed E-state index contributed by atoms with van der Waals surface area (Å²) in [4.78, 5) is 16.0. The zero-order valence-corrected chi connectivity index (χ0v) is 46.6. The first-order chi connectivity index (χ1) is 30.1. The molecule has 0 aromatic carbocycles.